The lowest BCUT2D eigenvalue weighted by Crippen LogP contribution is -2.16. The normalized spacial score (nSPS) is 10.1. The number of anilines is 2. The van der Waals surface area contributed by atoms with Gasteiger partial charge in [-0.25, -0.2) is 0 Å². The minimum atomic E-state index is -0.272. The number of thioether (sulfide) groups is 1. The van der Waals surface area contributed by atoms with Crippen molar-refractivity contribution in [3.05, 3.63) is 18.7 Å². The van der Waals surface area contributed by atoms with Crippen LogP contribution in [0.3, 0.4) is 0 Å². The van der Waals surface area contributed by atoms with Crippen molar-refractivity contribution in [2.45, 2.75) is 4.34 Å². The van der Waals surface area contributed by atoms with Crippen LogP contribution < -0.4 is 20.1 Å². The monoisotopic (exact) mass is 368 g/mol. The van der Waals surface area contributed by atoms with E-state index in [1.807, 2.05) is 0 Å². The van der Waals surface area contributed by atoms with Gasteiger partial charge in [-0.15, -0.1) is 16.8 Å². The molecule has 2 heterocycles. The van der Waals surface area contributed by atoms with Crippen LogP contribution in [0.4, 0.5) is 11.1 Å². The number of aromatic nitrogens is 4. The van der Waals surface area contributed by atoms with E-state index in [2.05, 4.69) is 37.4 Å². The number of methoxy groups -OCH3 is 2. The van der Waals surface area contributed by atoms with E-state index in [4.69, 9.17) is 9.47 Å². The van der Waals surface area contributed by atoms with Crippen LogP contribution in [-0.2, 0) is 4.79 Å². The molecule has 0 aliphatic carbocycles. The first-order chi connectivity index (χ1) is 11.6. The molecule has 11 heteroatoms. The number of rotatable bonds is 9. The Morgan fingerprint density at radius 3 is 2.67 bits per heavy atom. The Balaban J connectivity index is 1.89. The Kier molecular flexibility index (Phi) is 6.75. The van der Waals surface area contributed by atoms with E-state index in [-0.39, 0.29) is 17.6 Å². The SMILES string of the molecule is C=CCNc1nnc(SCC(=O)Nc2nc(OC)cc(OC)n2)s1. The second-order valence-electron chi connectivity index (χ2n) is 4.16. The molecule has 2 N–H and O–H groups in total. The number of carbonyl (C=O) groups excluding carboxylic acids is 1. The van der Waals surface area contributed by atoms with E-state index in [9.17, 15) is 4.79 Å². The Morgan fingerprint density at radius 1 is 1.33 bits per heavy atom. The summed E-state index contributed by atoms with van der Waals surface area (Å²) >= 11 is 2.63. The smallest absolute Gasteiger partial charge is 0.237 e. The highest BCUT2D eigenvalue weighted by Gasteiger charge is 2.11. The van der Waals surface area contributed by atoms with Gasteiger partial charge in [0, 0.05) is 6.54 Å². The van der Waals surface area contributed by atoms with Gasteiger partial charge in [-0.2, -0.15) is 9.97 Å². The van der Waals surface area contributed by atoms with Gasteiger partial charge in [0.1, 0.15) is 0 Å². The molecule has 2 aromatic rings. The summed E-state index contributed by atoms with van der Waals surface area (Å²) in [6.07, 6.45) is 1.73. The summed E-state index contributed by atoms with van der Waals surface area (Å²) in [5, 5.41) is 14.2. The van der Waals surface area contributed by atoms with E-state index < -0.39 is 0 Å². The lowest BCUT2D eigenvalue weighted by atomic mass is 10.6. The fraction of sp³-hybridized carbons (Fsp3) is 0.308. The van der Waals surface area contributed by atoms with Crippen molar-refractivity contribution in [2.24, 2.45) is 0 Å². The summed E-state index contributed by atoms with van der Waals surface area (Å²) in [6.45, 7) is 4.22. The number of nitrogens with zero attached hydrogens (tertiary/aromatic N) is 4. The topological polar surface area (TPSA) is 111 Å². The van der Waals surface area contributed by atoms with Gasteiger partial charge < -0.3 is 14.8 Å². The van der Waals surface area contributed by atoms with Gasteiger partial charge in [0.05, 0.1) is 26.0 Å². The first-order valence-electron chi connectivity index (χ1n) is 6.72. The lowest BCUT2D eigenvalue weighted by molar-refractivity contribution is -0.113. The summed E-state index contributed by atoms with van der Waals surface area (Å²) in [5.74, 6) is 0.589. The van der Waals surface area contributed by atoms with Gasteiger partial charge >= 0.3 is 0 Å². The van der Waals surface area contributed by atoms with Crippen LogP contribution in [0.2, 0.25) is 0 Å². The largest absolute Gasteiger partial charge is 0.481 e. The molecule has 128 valence electrons. The zero-order valence-electron chi connectivity index (χ0n) is 13.1. The second kappa shape index (κ2) is 9.03. The number of hydrogen-bond donors (Lipinski definition) is 2. The van der Waals surface area contributed by atoms with Gasteiger partial charge in [0.25, 0.3) is 0 Å². The molecule has 0 radical (unpaired) electrons. The van der Waals surface area contributed by atoms with Gasteiger partial charge in [-0.05, 0) is 0 Å². The molecular weight excluding hydrogens is 352 g/mol. The predicted molar refractivity (Wildman–Crippen MR) is 93.1 cm³/mol. The summed E-state index contributed by atoms with van der Waals surface area (Å²) in [5.41, 5.74) is 0. The van der Waals surface area contributed by atoms with Crippen molar-refractivity contribution in [3.63, 3.8) is 0 Å². The minimum Gasteiger partial charge on any atom is -0.481 e. The maximum atomic E-state index is 12.0. The fourth-order valence-corrected chi connectivity index (χ4v) is 3.01. The molecule has 0 aromatic carbocycles. The van der Waals surface area contributed by atoms with Crippen LogP contribution in [0.15, 0.2) is 23.1 Å². The first kappa shape index (κ1) is 17.9. The van der Waals surface area contributed by atoms with E-state index in [1.165, 1.54) is 43.4 Å². The molecule has 0 saturated heterocycles. The van der Waals surface area contributed by atoms with E-state index in [0.717, 1.165) is 0 Å². The van der Waals surface area contributed by atoms with Gasteiger partial charge in [-0.3, -0.25) is 10.1 Å². The summed E-state index contributed by atoms with van der Waals surface area (Å²) < 4.78 is 10.7. The molecule has 9 nitrogen and oxygen atoms in total. The lowest BCUT2D eigenvalue weighted by Gasteiger charge is -2.07. The third-order valence-corrected chi connectivity index (χ3v) is 4.49. The third-order valence-electron chi connectivity index (χ3n) is 2.48. The highest BCUT2D eigenvalue weighted by molar-refractivity contribution is 8.01. The van der Waals surface area contributed by atoms with Crippen LogP contribution in [0.25, 0.3) is 0 Å². The molecule has 0 unspecified atom stereocenters. The average Bonchev–Trinajstić information content (AvgIpc) is 3.05. The maximum absolute atomic E-state index is 12.0. The molecular formula is C13H16N6O3S2. The molecule has 2 aromatic heterocycles. The van der Waals surface area contributed by atoms with Gasteiger partial charge in [-0.1, -0.05) is 29.2 Å². The van der Waals surface area contributed by atoms with Crippen molar-refractivity contribution in [3.8, 4) is 11.8 Å². The van der Waals surface area contributed by atoms with E-state index in [0.29, 0.717) is 27.8 Å². The Hall–Kier alpha value is -2.40. The summed E-state index contributed by atoms with van der Waals surface area (Å²) in [6, 6.07) is 1.52. The molecule has 0 fully saturated rings. The number of amides is 1. The average molecular weight is 368 g/mol. The van der Waals surface area contributed by atoms with Crippen molar-refractivity contribution in [1.82, 2.24) is 20.2 Å². The van der Waals surface area contributed by atoms with Crippen molar-refractivity contribution < 1.29 is 14.3 Å². The minimum absolute atomic E-state index is 0.113. The summed E-state index contributed by atoms with van der Waals surface area (Å²) in [4.78, 5) is 20.1. The Bertz CT molecular complexity index is 687. The zero-order chi connectivity index (χ0) is 17.4. The highest BCUT2D eigenvalue weighted by Crippen LogP contribution is 2.25. The molecule has 1 amide bonds. The number of carbonyl (C=O) groups is 1. The molecule has 0 spiro atoms. The van der Waals surface area contributed by atoms with Crippen molar-refractivity contribution in [2.75, 3.05) is 37.2 Å². The number of nitrogens with one attached hydrogen (secondary N) is 2. The molecule has 0 aliphatic rings. The van der Waals surface area contributed by atoms with Crippen LogP contribution in [0, 0.1) is 0 Å². The summed E-state index contributed by atoms with van der Waals surface area (Å²) in [7, 11) is 2.94. The van der Waals surface area contributed by atoms with E-state index >= 15 is 0 Å². The van der Waals surface area contributed by atoms with Gasteiger partial charge in [0.2, 0.25) is 28.7 Å². The second-order valence-corrected chi connectivity index (χ2v) is 6.36. The van der Waals surface area contributed by atoms with Crippen molar-refractivity contribution in [1.29, 1.82) is 0 Å². The van der Waals surface area contributed by atoms with Crippen LogP contribution in [-0.4, -0.2) is 52.6 Å². The Morgan fingerprint density at radius 2 is 2.04 bits per heavy atom. The van der Waals surface area contributed by atoms with Crippen LogP contribution >= 0.6 is 23.1 Å². The highest BCUT2D eigenvalue weighted by atomic mass is 32.2. The van der Waals surface area contributed by atoms with Crippen molar-refractivity contribution >= 4 is 40.1 Å². The van der Waals surface area contributed by atoms with Gasteiger partial charge in [0.15, 0.2) is 4.34 Å². The zero-order valence-corrected chi connectivity index (χ0v) is 14.7. The van der Waals surface area contributed by atoms with Crippen LogP contribution in [0.5, 0.6) is 11.8 Å². The molecule has 2 rings (SSSR count). The standard InChI is InChI=1S/C13H16N6O3S2/c1-4-5-14-12-18-19-13(24-12)23-7-8(20)15-11-16-9(21-2)6-10(17-11)22-3/h4,6H,1,5,7H2,2-3H3,(H,14,18)(H,15,16,17,20). The first-order valence-corrected chi connectivity index (χ1v) is 8.52. The Labute approximate surface area is 146 Å². The van der Waals surface area contributed by atoms with E-state index in [1.54, 1.807) is 6.08 Å². The van der Waals surface area contributed by atoms with Crippen LogP contribution in [0.1, 0.15) is 0 Å². The predicted octanol–water partition coefficient (Wildman–Crippen LogP) is 1.67. The quantitative estimate of drug-likeness (QED) is 0.504. The number of ether oxygens (including phenoxy) is 2. The molecule has 0 aliphatic heterocycles. The molecule has 24 heavy (non-hydrogen) atoms. The molecule has 0 bridgehead atoms. The molecule has 0 atom stereocenters. The number of hydrogen-bond acceptors (Lipinski definition) is 10. The maximum Gasteiger partial charge on any atom is 0.237 e. The third kappa shape index (κ3) is 5.35. The fourth-order valence-electron chi connectivity index (χ4n) is 1.46. The molecule has 0 saturated carbocycles.